The SMILES string of the molecule is Oc1cc(Cl)ccc1N=Cc1cccc(C=Nc2ccc(Cl)cc2O)n1. The van der Waals surface area contributed by atoms with Crippen LogP contribution in [0.1, 0.15) is 11.4 Å². The van der Waals surface area contributed by atoms with Crippen LogP contribution in [0, 0.1) is 0 Å². The van der Waals surface area contributed by atoms with Gasteiger partial charge >= 0.3 is 0 Å². The normalized spacial score (nSPS) is 11.5. The van der Waals surface area contributed by atoms with E-state index in [1.807, 2.05) is 0 Å². The molecule has 130 valence electrons. The molecular weight excluding hydrogens is 373 g/mol. The molecule has 0 bridgehead atoms. The van der Waals surface area contributed by atoms with Crippen molar-refractivity contribution in [1.82, 2.24) is 4.98 Å². The molecule has 0 aliphatic heterocycles. The van der Waals surface area contributed by atoms with Crippen LogP contribution in [-0.2, 0) is 0 Å². The number of hydrogen-bond donors (Lipinski definition) is 2. The maximum absolute atomic E-state index is 9.81. The Balaban J connectivity index is 1.79. The molecule has 0 aliphatic carbocycles. The second-order valence-corrected chi connectivity index (χ2v) is 6.14. The molecule has 1 aromatic heterocycles. The van der Waals surface area contributed by atoms with E-state index in [0.717, 1.165) is 0 Å². The minimum absolute atomic E-state index is 0.00955. The van der Waals surface area contributed by atoms with Crippen molar-refractivity contribution >= 4 is 47.0 Å². The fourth-order valence-electron chi connectivity index (χ4n) is 2.10. The third-order valence-electron chi connectivity index (χ3n) is 3.34. The number of aliphatic imine (C=N–C) groups is 2. The third kappa shape index (κ3) is 4.59. The fraction of sp³-hybridized carbons (Fsp3) is 0. The molecule has 0 unspecified atom stereocenters. The van der Waals surface area contributed by atoms with Gasteiger partial charge in [-0.25, -0.2) is 4.98 Å². The molecule has 2 aromatic carbocycles. The molecule has 3 aromatic rings. The molecule has 0 fully saturated rings. The van der Waals surface area contributed by atoms with E-state index in [2.05, 4.69) is 15.0 Å². The van der Waals surface area contributed by atoms with Gasteiger partial charge in [0.15, 0.2) is 0 Å². The van der Waals surface area contributed by atoms with Gasteiger partial charge in [0.25, 0.3) is 0 Å². The van der Waals surface area contributed by atoms with Gasteiger partial charge in [-0.3, -0.25) is 9.98 Å². The van der Waals surface area contributed by atoms with E-state index < -0.39 is 0 Å². The Morgan fingerprint density at radius 1 is 0.731 bits per heavy atom. The molecule has 0 aliphatic rings. The van der Waals surface area contributed by atoms with Gasteiger partial charge in [0.05, 0.1) is 23.8 Å². The summed E-state index contributed by atoms with van der Waals surface area (Å²) in [5.74, 6) is -0.0191. The van der Waals surface area contributed by atoms with Crippen molar-refractivity contribution in [2.24, 2.45) is 9.98 Å². The van der Waals surface area contributed by atoms with Gasteiger partial charge in [0.2, 0.25) is 0 Å². The molecule has 2 N–H and O–H groups in total. The molecule has 1 heterocycles. The molecule has 3 rings (SSSR count). The van der Waals surface area contributed by atoms with E-state index >= 15 is 0 Å². The first-order valence-corrected chi connectivity index (χ1v) is 8.29. The van der Waals surface area contributed by atoms with Crippen LogP contribution < -0.4 is 0 Å². The van der Waals surface area contributed by atoms with Gasteiger partial charge in [0.1, 0.15) is 22.9 Å². The van der Waals surface area contributed by atoms with E-state index in [0.29, 0.717) is 32.8 Å². The van der Waals surface area contributed by atoms with Crippen LogP contribution >= 0.6 is 23.2 Å². The minimum Gasteiger partial charge on any atom is -0.506 e. The van der Waals surface area contributed by atoms with Crippen molar-refractivity contribution in [2.75, 3.05) is 0 Å². The summed E-state index contributed by atoms with van der Waals surface area (Å²) in [7, 11) is 0. The summed E-state index contributed by atoms with van der Waals surface area (Å²) in [5, 5.41) is 20.5. The maximum Gasteiger partial charge on any atom is 0.142 e. The smallest absolute Gasteiger partial charge is 0.142 e. The van der Waals surface area contributed by atoms with Crippen molar-refractivity contribution in [3.63, 3.8) is 0 Å². The molecule has 0 radical (unpaired) electrons. The Bertz CT molecular complexity index is 927. The second kappa shape index (κ2) is 7.99. The number of rotatable bonds is 4. The molecule has 0 saturated heterocycles. The zero-order valence-electron chi connectivity index (χ0n) is 13.3. The van der Waals surface area contributed by atoms with Crippen molar-refractivity contribution in [2.45, 2.75) is 0 Å². The van der Waals surface area contributed by atoms with Crippen molar-refractivity contribution in [3.05, 3.63) is 76.0 Å². The lowest BCUT2D eigenvalue weighted by Gasteiger charge is -2.00. The number of halogens is 2. The minimum atomic E-state index is -0.00955. The average molecular weight is 386 g/mol. The van der Waals surface area contributed by atoms with Crippen LogP contribution in [0.4, 0.5) is 11.4 Å². The molecule has 7 heteroatoms. The molecule has 0 amide bonds. The number of pyridine rings is 1. The van der Waals surface area contributed by atoms with E-state index in [4.69, 9.17) is 23.2 Å². The number of aromatic hydroxyl groups is 2. The lowest BCUT2D eigenvalue weighted by molar-refractivity contribution is 0.476. The molecule has 0 saturated carbocycles. The van der Waals surface area contributed by atoms with Gasteiger partial charge in [-0.05, 0) is 36.4 Å². The number of phenols is 2. The van der Waals surface area contributed by atoms with Crippen LogP contribution in [0.5, 0.6) is 11.5 Å². The van der Waals surface area contributed by atoms with Gasteiger partial charge in [-0.1, -0.05) is 29.3 Å². The number of aromatic nitrogens is 1. The van der Waals surface area contributed by atoms with Crippen LogP contribution in [0.2, 0.25) is 10.0 Å². The molecule has 26 heavy (non-hydrogen) atoms. The van der Waals surface area contributed by atoms with Crippen LogP contribution in [0.3, 0.4) is 0 Å². The predicted octanol–water partition coefficient (Wildman–Crippen LogP) is 5.30. The number of benzene rings is 2. The highest BCUT2D eigenvalue weighted by Gasteiger charge is 2.01. The van der Waals surface area contributed by atoms with Gasteiger partial charge in [-0.2, -0.15) is 0 Å². The third-order valence-corrected chi connectivity index (χ3v) is 3.81. The Labute approximate surface area is 159 Å². The maximum atomic E-state index is 9.81. The first-order valence-electron chi connectivity index (χ1n) is 7.53. The highest BCUT2D eigenvalue weighted by Crippen LogP contribution is 2.29. The zero-order valence-corrected chi connectivity index (χ0v) is 14.9. The van der Waals surface area contributed by atoms with E-state index in [9.17, 15) is 10.2 Å². The summed E-state index contributed by atoms with van der Waals surface area (Å²) in [5.41, 5.74) is 1.95. The quantitative estimate of drug-likeness (QED) is 0.597. The van der Waals surface area contributed by atoms with Crippen molar-refractivity contribution < 1.29 is 10.2 Å². The highest BCUT2D eigenvalue weighted by atomic mass is 35.5. The van der Waals surface area contributed by atoms with Crippen LogP contribution in [-0.4, -0.2) is 27.6 Å². The highest BCUT2D eigenvalue weighted by molar-refractivity contribution is 6.31. The van der Waals surface area contributed by atoms with Crippen molar-refractivity contribution in [3.8, 4) is 11.5 Å². The standard InChI is InChI=1S/C19H13Cl2N3O2/c20-12-4-6-16(18(25)8-12)22-10-14-2-1-3-15(24-14)11-23-17-7-5-13(21)9-19(17)26/h1-11,25-26H. The molecule has 0 atom stereocenters. The van der Waals surface area contributed by atoms with Crippen LogP contribution in [0.25, 0.3) is 0 Å². The summed E-state index contributed by atoms with van der Waals surface area (Å²) in [4.78, 5) is 12.8. The Morgan fingerprint density at radius 2 is 1.19 bits per heavy atom. The fourth-order valence-corrected chi connectivity index (χ4v) is 2.43. The monoisotopic (exact) mass is 385 g/mol. The average Bonchev–Trinajstić information content (AvgIpc) is 2.61. The van der Waals surface area contributed by atoms with Crippen LogP contribution in [0.15, 0.2) is 64.6 Å². The summed E-state index contributed by atoms with van der Waals surface area (Å²) in [6.07, 6.45) is 3.06. The van der Waals surface area contributed by atoms with E-state index in [1.165, 1.54) is 24.6 Å². The summed E-state index contributed by atoms with van der Waals surface area (Å²) < 4.78 is 0. The topological polar surface area (TPSA) is 78.1 Å². The first-order chi connectivity index (χ1) is 12.5. The molecule has 5 nitrogen and oxygen atoms in total. The Morgan fingerprint density at radius 3 is 1.62 bits per heavy atom. The predicted molar refractivity (Wildman–Crippen MR) is 105 cm³/mol. The largest absolute Gasteiger partial charge is 0.506 e. The van der Waals surface area contributed by atoms with Crippen molar-refractivity contribution in [1.29, 1.82) is 0 Å². The Kier molecular flexibility index (Phi) is 5.51. The van der Waals surface area contributed by atoms with E-state index in [-0.39, 0.29) is 11.5 Å². The summed E-state index contributed by atoms with van der Waals surface area (Å²) >= 11 is 11.6. The number of hydrogen-bond acceptors (Lipinski definition) is 5. The summed E-state index contributed by atoms with van der Waals surface area (Å²) in [6, 6.07) is 14.7. The molecular formula is C19H13Cl2N3O2. The number of nitrogens with zero attached hydrogens (tertiary/aromatic N) is 3. The first kappa shape index (κ1) is 17.9. The van der Waals surface area contributed by atoms with Gasteiger partial charge in [0, 0.05) is 22.2 Å². The second-order valence-electron chi connectivity index (χ2n) is 5.27. The Hall–Kier alpha value is -2.89. The lowest BCUT2D eigenvalue weighted by Crippen LogP contribution is -1.93. The van der Waals surface area contributed by atoms with E-state index in [1.54, 1.807) is 42.5 Å². The zero-order chi connectivity index (χ0) is 18.5. The van der Waals surface area contributed by atoms with Gasteiger partial charge in [-0.15, -0.1) is 0 Å². The number of phenolic OH excluding ortho intramolecular Hbond substituents is 2. The molecule has 0 spiro atoms. The lowest BCUT2D eigenvalue weighted by atomic mass is 10.3. The summed E-state index contributed by atoms with van der Waals surface area (Å²) in [6.45, 7) is 0. The van der Waals surface area contributed by atoms with Gasteiger partial charge < -0.3 is 10.2 Å².